The predicted molar refractivity (Wildman–Crippen MR) is 53.7 cm³/mol. The summed E-state index contributed by atoms with van der Waals surface area (Å²) >= 11 is 0. The molecule has 0 bridgehead atoms. The van der Waals surface area contributed by atoms with Crippen LogP contribution in [0.4, 0.5) is 0 Å². The fourth-order valence-electron chi connectivity index (χ4n) is 0.864. The molecule has 0 unspecified atom stereocenters. The van der Waals surface area contributed by atoms with Gasteiger partial charge in [0, 0.05) is 12.3 Å². The lowest BCUT2D eigenvalue weighted by atomic mass is 10.2. The molecule has 5 heteroatoms. The minimum atomic E-state index is -0.565. The molecule has 0 radical (unpaired) electrons. The molecule has 15 heavy (non-hydrogen) atoms. The number of aromatic nitrogens is 2. The number of carbonyl (C=O) groups is 1. The quantitative estimate of drug-likeness (QED) is 0.701. The molecule has 0 aliphatic rings. The second-order valence-electron chi connectivity index (χ2n) is 3.41. The number of esters is 1. The maximum absolute atomic E-state index is 11.1. The van der Waals surface area contributed by atoms with Gasteiger partial charge in [-0.25, -0.2) is 9.78 Å². The third-order valence-electron chi connectivity index (χ3n) is 1.56. The minimum absolute atomic E-state index is 0.0127. The third-order valence-corrected chi connectivity index (χ3v) is 1.56. The highest BCUT2D eigenvalue weighted by Gasteiger charge is 2.10. The van der Waals surface area contributed by atoms with E-state index in [0.717, 1.165) is 0 Å². The zero-order valence-corrected chi connectivity index (χ0v) is 9.06. The van der Waals surface area contributed by atoms with Gasteiger partial charge in [0.2, 0.25) is 11.7 Å². The van der Waals surface area contributed by atoms with E-state index in [9.17, 15) is 4.79 Å². The molecule has 82 valence electrons. The van der Waals surface area contributed by atoms with Gasteiger partial charge < -0.3 is 9.47 Å². The van der Waals surface area contributed by atoms with Gasteiger partial charge in [-0.1, -0.05) is 13.8 Å². The first-order chi connectivity index (χ1) is 7.13. The molecule has 0 fully saturated rings. The van der Waals surface area contributed by atoms with Gasteiger partial charge in [0.25, 0.3) is 0 Å². The maximum atomic E-state index is 11.1. The molecule has 0 saturated heterocycles. The first-order valence-corrected chi connectivity index (χ1v) is 4.67. The van der Waals surface area contributed by atoms with Crippen LogP contribution in [0.1, 0.15) is 24.5 Å². The van der Waals surface area contributed by atoms with Crippen LogP contribution in [0.3, 0.4) is 0 Å². The SMILES string of the molecule is COC(=O)c1nccc(OCC(C)C)n1. The number of nitrogens with zero attached hydrogens (tertiary/aromatic N) is 2. The van der Waals surface area contributed by atoms with Gasteiger partial charge in [0.05, 0.1) is 13.7 Å². The van der Waals surface area contributed by atoms with Crippen LogP contribution in [0, 0.1) is 5.92 Å². The van der Waals surface area contributed by atoms with E-state index in [0.29, 0.717) is 18.4 Å². The van der Waals surface area contributed by atoms with Gasteiger partial charge in [-0.15, -0.1) is 0 Å². The summed E-state index contributed by atoms with van der Waals surface area (Å²) in [6, 6.07) is 1.61. The van der Waals surface area contributed by atoms with Crippen molar-refractivity contribution in [3.05, 3.63) is 18.1 Å². The van der Waals surface area contributed by atoms with E-state index in [4.69, 9.17) is 4.74 Å². The third kappa shape index (κ3) is 3.53. The Bertz CT molecular complexity index is 339. The number of carbonyl (C=O) groups excluding carboxylic acids is 1. The summed E-state index contributed by atoms with van der Waals surface area (Å²) < 4.78 is 9.84. The van der Waals surface area contributed by atoms with Crippen LogP contribution < -0.4 is 4.74 Å². The van der Waals surface area contributed by atoms with Crippen molar-refractivity contribution in [3.8, 4) is 5.88 Å². The lowest BCUT2D eigenvalue weighted by molar-refractivity contribution is 0.0585. The molecule has 0 saturated carbocycles. The van der Waals surface area contributed by atoms with Crippen molar-refractivity contribution in [1.29, 1.82) is 0 Å². The number of ether oxygens (including phenoxy) is 2. The van der Waals surface area contributed by atoms with E-state index in [1.807, 2.05) is 13.8 Å². The summed E-state index contributed by atoms with van der Waals surface area (Å²) in [5.41, 5.74) is 0. The fourth-order valence-corrected chi connectivity index (χ4v) is 0.864. The predicted octanol–water partition coefficient (Wildman–Crippen LogP) is 1.30. The molecule has 0 spiro atoms. The van der Waals surface area contributed by atoms with Crippen molar-refractivity contribution in [1.82, 2.24) is 9.97 Å². The number of rotatable bonds is 4. The summed E-state index contributed by atoms with van der Waals surface area (Å²) in [6.45, 7) is 4.61. The van der Waals surface area contributed by atoms with E-state index in [1.54, 1.807) is 6.07 Å². The van der Waals surface area contributed by atoms with Crippen LogP contribution >= 0.6 is 0 Å². The second-order valence-corrected chi connectivity index (χ2v) is 3.41. The van der Waals surface area contributed by atoms with E-state index in [2.05, 4.69) is 14.7 Å². The van der Waals surface area contributed by atoms with Crippen LogP contribution in [-0.2, 0) is 4.74 Å². The Morgan fingerprint density at radius 3 is 2.87 bits per heavy atom. The number of methoxy groups -OCH3 is 1. The number of hydrogen-bond acceptors (Lipinski definition) is 5. The lowest BCUT2D eigenvalue weighted by Crippen LogP contribution is -2.10. The minimum Gasteiger partial charge on any atom is -0.477 e. The Kier molecular flexibility index (Phi) is 4.03. The first-order valence-electron chi connectivity index (χ1n) is 4.67. The van der Waals surface area contributed by atoms with E-state index in [1.165, 1.54) is 13.3 Å². The van der Waals surface area contributed by atoms with Gasteiger partial charge >= 0.3 is 5.97 Å². The highest BCUT2D eigenvalue weighted by Crippen LogP contribution is 2.07. The zero-order valence-electron chi connectivity index (χ0n) is 9.06. The zero-order chi connectivity index (χ0) is 11.3. The van der Waals surface area contributed by atoms with E-state index >= 15 is 0 Å². The van der Waals surface area contributed by atoms with E-state index in [-0.39, 0.29) is 5.82 Å². The van der Waals surface area contributed by atoms with Crippen LogP contribution in [-0.4, -0.2) is 29.7 Å². The molecule has 0 amide bonds. The van der Waals surface area contributed by atoms with Crippen molar-refractivity contribution in [3.63, 3.8) is 0 Å². The average molecular weight is 210 g/mol. The first kappa shape index (κ1) is 11.4. The van der Waals surface area contributed by atoms with Crippen LogP contribution in [0.2, 0.25) is 0 Å². The second kappa shape index (κ2) is 5.29. The van der Waals surface area contributed by atoms with Crippen molar-refractivity contribution in [2.24, 2.45) is 5.92 Å². The molecule has 0 aromatic carbocycles. The Labute approximate surface area is 88.4 Å². The Morgan fingerprint density at radius 1 is 1.53 bits per heavy atom. The van der Waals surface area contributed by atoms with Gasteiger partial charge in [-0.3, -0.25) is 0 Å². The standard InChI is InChI=1S/C10H14N2O3/c1-7(2)6-15-8-4-5-11-9(12-8)10(13)14-3/h4-5,7H,6H2,1-3H3. The van der Waals surface area contributed by atoms with Crippen molar-refractivity contribution < 1.29 is 14.3 Å². The van der Waals surface area contributed by atoms with Crippen molar-refractivity contribution in [2.75, 3.05) is 13.7 Å². The molecule has 1 aromatic rings. The summed E-state index contributed by atoms with van der Waals surface area (Å²) in [5, 5.41) is 0. The summed E-state index contributed by atoms with van der Waals surface area (Å²) in [5.74, 6) is 0.240. The van der Waals surface area contributed by atoms with E-state index < -0.39 is 5.97 Å². The fraction of sp³-hybridized carbons (Fsp3) is 0.500. The summed E-state index contributed by atoms with van der Waals surface area (Å²) in [4.78, 5) is 18.8. The molecule has 0 N–H and O–H groups in total. The van der Waals surface area contributed by atoms with Crippen molar-refractivity contribution in [2.45, 2.75) is 13.8 Å². The highest BCUT2D eigenvalue weighted by atomic mass is 16.5. The molecule has 0 aliphatic heterocycles. The summed E-state index contributed by atoms with van der Waals surface area (Å²) in [7, 11) is 1.29. The molecular weight excluding hydrogens is 196 g/mol. The highest BCUT2D eigenvalue weighted by molar-refractivity contribution is 5.84. The molecule has 1 aromatic heterocycles. The molecule has 1 rings (SSSR count). The van der Waals surface area contributed by atoms with Crippen LogP contribution in [0.5, 0.6) is 5.88 Å². The number of hydrogen-bond donors (Lipinski definition) is 0. The summed E-state index contributed by atoms with van der Waals surface area (Å²) in [6.07, 6.45) is 1.47. The molecule has 0 aliphatic carbocycles. The maximum Gasteiger partial charge on any atom is 0.376 e. The molecule has 0 atom stereocenters. The van der Waals surface area contributed by atoms with Gasteiger partial charge in [0.1, 0.15) is 0 Å². The largest absolute Gasteiger partial charge is 0.477 e. The molecule has 1 heterocycles. The van der Waals surface area contributed by atoms with Gasteiger partial charge in [-0.05, 0) is 5.92 Å². The Hall–Kier alpha value is -1.65. The molecule has 5 nitrogen and oxygen atoms in total. The molecular formula is C10H14N2O3. The van der Waals surface area contributed by atoms with Gasteiger partial charge in [0.15, 0.2) is 0 Å². The Balaban J connectivity index is 2.70. The normalized spacial score (nSPS) is 10.1. The van der Waals surface area contributed by atoms with Crippen molar-refractivity contribution >= 4 is 5.97 Å². The van der Waals surface area contributed by atoms with Crippen LogP contribution in [0.25, 0.3) is 0 Å². The van der Waals surface area contributed by atoms with Gasteiger partial charge in [-0.2, -0.15) is 4.98 Å². The average Bonchev–Trinajstić information content (AvgIpc) is 2.25. The Morgan fingerprint density at radius 2 is 2.27 bits per heavy atom. The lowest BCUT2D eigenvalue weighted by Gasteiger charge is -2.07. The smallest absolute Gasteiger partial charge is 0.376 e. The van der Waals surface area contributed by atoms with Crippen LogP contribution in [0.15, 0.2) is 12.3 Å². The topological polar surface area (TPSA) is 61.3 Å². The monoisotopic (exact) mass is 210 g/mol.